The Morgan fingerprint density at radius 2 is 2.18 bits per heavy atom. The summed E-state index contributed by atoms with van der Waals surface area (Å²) in [7, 11) is 0. The molecule has 3 nitrogen and oxygen atoms in total. The first-order valence-corrected chi connectivity index (χ1v) is 4.03. The van der Waals surface area contributed by atoms with Crippen molar-refractivity contribution in [1.29, 1.82) is 0 Å². The van der Waals surface area contributed by atoms with Crippen LogP contribution < -0.4 is 11.6 Å². The third-order valence-corrected chi connectivity index (χ3v) is 2.18. The van der Waals surface area contributed by atoms with Crippen LogP contribution in [0.15, 0.2) is 26.8 Å². The van der Waals surface area contributed by atoms with E-state index in [9.17, 15) is 0 Å². The predicted octanol–water partition coefficient (Wildman–Crippen LogP) is 1.64. The summed E-state index contributed by atoms with van der Waals surface area (Å²) in [4.78, 5) is 0. The van der Waals surface area contributed by atoms with Crippen molar-refractivity contribution in [2.24, 2.45) is 16.7 Å². The van der Waals surface area contributed by atoms with Crippen molar-refractivity contribution in [3.05, 3.63) is 21.7 Å². The average Bonchev–Trinajstić information content (AvgIpc) is 2.02. The molecule has 0 aliphatic heterocycles. The first-order chi connectivity index (χ1) is 5.13. The minimum atomic E-state index is 0.247. The standard InChI is InChI=1S/C6H9BrClN3/c1-4(2-3-8)5(7)6(9)11-10/h2-3H,10H2,1H3,(H2,9,11)/b3-2+,5-4+. The van der Waals surface area contributed by atoms with Crippen LogP contribution in [0.5, 0.6) is 0 Å². The van der Waals surface area contributed by atoms with Gasteiger partial charge in [0.2, 0.25) is 0 Å². The number of nitrogens with two attached hydrogens (primary N) is 2. The Bertz CT molecular complexity index is 220. The summed E-state index contributed by atoms with van der Waals surface area (Å²) in [5, 5.41) is 3.30. The second-order valence-electron chi connectivity index (χ2n) is 1.80. The van der Waals surface area contributed by atoms with Gasteiger partial charge in [-0.25, -0.2) is 0 Å². The molecule has 0 saturated carbocycles. The molecule has 0 atom stereocenters. The number of hydrogen-bond donors (Lipinski definition) is 2. The van der Waals surface area contributed by atoms with Crippen molar-refractivity contribution in [3.63, 3.8) is 0 Å². The molecule has 0 saturated heterocycles. The molecule has 11 heavy (non-hydrogen) atoms. The Hall–Kier alpha value is -0.480. The van der Waals surface area contributed by atoms with Gasteiger partial charge in [-0.3, -0.25) is 0 Å². The third-order valence-electron chi connectivity index (χ3n) is 1.02. The van der Waals surface area contributed by atoms with Crippen LogP contribution in [0.4, 0.5) is 0 Å². The largest absolute Gasteiger partial charge is 0.381 e. The maximum Gasteiger partial charge on any atom is 0.157 e. The van der Waals surface area contributed by atoms with Crippen molar-refractivity contribution in [1.82, 2.24) is 0 Å². The summed E-state index contributed by atoms with van der Waals surface area (Å²) in [6, 6.07) is 0. The third kappa shape index (κ3) is 3.43. The van der Waals surface area contributed by atoms with Gasteiger partial charge >= 0.3 is 0 Å². The van der Waals surface area contributed by atoms with Gasteiger partial charge in [-0.05, 0) is 34.5 Å². The molecule has 0 aromatic heterocycles. The zero-order chi connectivity index (χ0) is 8.85. The van der Waals surface area contributed by atoms with E-state index in [2.05, 4.69) is 21.0 Å². The lowest BCUT2D eigenvalue weighted by molar-refractivity contribution is 1.23. The molecular weight excluding hydrogens is 229 g/mol. The molecule has 62 valence electrons. The highest BCUT2D eigenvalue weighted by atomic mass is 79.9. The van der Waals surface area contributed by atoms with Gasteiger partial charge in [0.05, 0.1) is 4.48 Å². The van der Waals surface area contributed by atoms with Crippen molar-refractivity contribution < 1.29 is 0 Å². The Morgan fingerprint density at radius 3 is 2.55 bits per heavy atom. The van der Waals surface area contributed by atoms with E-state index in [1.165, 1.54) is 5.54 Å². The highest BCUT2D eigenvalue weighted by molar-refractivity contribution is 9.12. The Morgan fingerprint density at radius 1 is 1.64 bits per heavy atom. The molecule has 0 amide bonds. The van der Waals surface area contributed by atoms with Crippen LogP contribution in [-0.4, -0.2) is 5.84 Å². The van der Waals surface area contributed by atoms with Gasteiger partial charge in [0.1, 0.15) is 0 Å². The lowest BCUT2D eigenvalue weighted by Crippen LogP contribution is -2.14. The number of amidine groups is 1. The number of hydrazone groups is 1. The molecule has 5 heteroatoms. The zero-order valence-electron chi connectivity index (χ0n) is 6.01. The van der Waals surface area contributed by atoms with Crippen LogP contribution in [0, 0.1) is 0 Å². The molecular formula is C6H9BrClN3. The van der Waals surface area contributed by atoms with Gasteiger partial charge in [-0.15, -0.1) is 0 Å². The second-order valence-corrected chi connectivity index (χ2v) is 2.85. The summed E-state index contributed by atoms with van der Waals surface area (Å²) >= 11 is 8.54. The van der Waals surface area contributed by atoms with Crippen molar-refractivity contribution in [2.75, 3.05) is 0 Å². The Kier molecular flexibility index (Phi) is 4.98. The molecule has 0 rings (SSSR count). The summed E-state index contributed by atoms with van der Waals surface area (Å²) in [6.07, 6.45) is 1.68. The Labute approximate surface area is 78.9 Å². The summed E-state index contributed by atoms with van der Waals surface area (Å²) < 4.78 is 0.650. The quantitative estimate of drug-likeness (QED) is 0.252. The molecule has 0 bridgehead atoms. The molecule has 0 aliphatic rings. The maximum absolute atomic E-state index is 5.39. The zero-order valence-corrected chi connectivity index (χ0v) is 8.35. The molecule has 0 fully saturated rings. The topological polar surface area (TPSA) is 64.4 Å². The predicted molar refractivity (Wildman–Crippen MR) is 52.4 cm³/mol. The smallest absolute Gasteiger partial charge is 0.157 e. The van der Waals surface area contributed by atoms with E-state index in [-0.39, 0.29) is 5.84 Å². The monoisotopic (exact) mass is 237 g/mol. The van der Waals surface area contributed by atoms with Crippen LogP contribution in [0.3, 0.4) is 0 Å². The van der Waals surface area contributed by atoms with Gasteiger partial charge < -0.3 is 11.6 Å². The number of hydrogen-bond acceptors (Lipinski definition) is 2. The molecule has 0 aliphatic carbocycles. The highest BCUT2D eigenvalue weighted by Crippen LogP contribution is 2.12. The molecule has 0 radical (unpaired) electrons. The van der Waals surface area contributed by atoms with Crippen LogP contribution >= 0.6 is 27.5 Å². The summed E-state index contributed by atoms with van der Waals surface area (Å²) in [5.41, 5.74) is 7.65. The first kappa shape index (κ1) is 10.5. The lowest BCUT2D eigenvalue weighted by atomic mass is 10.3. The fraction of sp³-hybridized carbons (Fsp3) is 0.167. The molecule has 0 heterocycles. The minimum absolute atomic E-state index is 0.247. The van der Waals surface area contributed by atoms with Gasteiger partial charge in [-0.2, -0.15) is 5.10 Å². The molecule has 0 spiro atoms. The first-order valence-electron chi connectivity index (χ1n) is 2.80. The van der Waals surface area contributed by atoms with Crippen LogP contribution in [0.1, 0.15) is 6.92 Å². The number of rotatable bonds is 2. The number of halogens is 2. The maximum atomic E-state index is 5.39. The van der Waals surface area contributed by atoms with Gasteiger partial charge in [-0.1, -0.05) is 11.6 Å². The Balaban J connectivity index is 4.66. The number of allylic oxidation sites excluding steroid dienone is 2. The SMILES string of the molecule is CC(/C=C/Cl)=C(\Br)C(N)=NN. The van der Waals surface area contributed by atoms with E-state index < -0.39 is 0 Å². The summed E-state index contributed by atoms with van der Waals surface area (Å²) in [5.74, 6) is 5.20. The van der Waals surface area contributed by atoms with E-state index in [0.717, 1.165) is 5.57 Å². The normalized spacial score (nSPS) is 15.4. The highest BCUT2D eigenvalue weighted by Gasteiger charge is 1.99. The summed E-state index contributed by atoms with van der Waals surface area (Å²) in [6.45, 7) is 1.83. The minimum Gasteiger partial charge on any atom is -0.381 e. The molecule has 4 N–H and O–H groups in total. The fourth-order valence-electron chi connectivity index (χ4n) is 0.426. The van der Waals surface area contributed by atoms with Crippen LogP contribution in [-0.2, 0) is 0 Å². The van der Waals surface area contributed by atoms with Gasteiger partial charge in [0, 0.05) is 5.54 Å². The van der Waals surface area contributed by atoms with Crippen molar-refractivity contribution in [2.45, 2.75) is 6.92 Å². The molecule has 0 aromatic rings. The van der Waals surface area contributed by atoms with Crippen LogP contribution in [0.2, 0.25) is 0 Å². The van der Waals surface area contributed by atoms with Gasteiger partial charge in [0.15, 0.2) is 5.84 Å². The molecule has 0 unspecified atom stereocenters. The van der Waals surface area contributed by atoms with E-state index in [4.69, 9.17) is 23.2 Å². The lowest BCUT2D eigenvalue weighted by Gasteiger charge is -1.98. The van der Waals surface area contributed by atoms with Crippen LogP contribution in [0.25, 0.3) is 0 Å². The van der Waals surface area contributed by atoms with Gasteiger partial charge in [0.25, 0.3) is 0 Å². The van der Waals surface area contributed by atoms with Crippen molar-refractivity contribution >= 4 is 33.4 Å². The van der Waals surface area contributed by atoms with Crippen molar-refractivity contribution in [3.8, 4) is 0 Å². The molecule has 0 aromatic carbocycles. The second kappa shape index (κ2) is 5.21. The van der Waals surface area contributed by atoms with E-state index in [1.807, 2.05) is 6.92 Å². The van der Waals surface area contributed by atoms with E-state index in [1.54, 1.807) is 6.08 Å². The average molecular weight is 239 g/mol. The fourth-order valence-corrected chi connectivity index (χ4v) is 0.850. The van der Waals surface area contributed by atoms with E-state index in [0.29, 0.717) is 4.48 Å². The number of nitrogens with zero attached hydrogens (tertiary/aromatic N) is 1. The van der Waals surface area contributed by atoms with E-state index >= 15 is 0 Å².